The number of ether oxygens (including phenoxy) is 1. The molecule has 2 aromatic carbocycles. The number of benzene rings is 2. The Morgan fingerprint density at radius 2 is 1.65 bits per heavy atom. The molecule has 1 N–H and O–H groups in total. The van der Waals surface area contributed by atoms with Gasteiger partial charge in [0.25, 0.3) is 5.91 Å². The first-order chi connectivity index (χ1) is 10.8. The Morgan fingerprint density at radius 3 is 2.39 bits per heavy atom. The van der Waals surface area contributed by atoms with Crippen molar-refractivity contribution in [3.63, 3.8) is 0 Å². The van der Waals surface area contributed by atoms with E-state index < -0.39 is 0 Å². The van der Waals surface area contributed by atoms with E-state index in [4.69, 9.17) is 4.74 Å². The lowest BCUT2D eigenvalue weighted by molar-refractivity contribution is -0.133. The smallest absolute Gasteiger partial charge is 0.260 e. The highest BCUT2D eigenvalue weighted by Gasteiger charge is 2.17. The van der Waals surface area contributed by atoms with Gasteiger partial charge in [-0.2, -0.15) is 0 Å². The van der Waals surface area contributed by atoms with E-state index in [9.17, 15) is 4.79 Å². The number of hydrogen-bond donors (Lipinski definition) is 1. The summed E-state index contributed by atoms with van der Waals surface area (Å²) >= 11 is 0. The van der Waals surface area contributed by atoms with Crippen molar-refractivity contribution >= 4 is 18.3 Å². The molecule has 5 heteroatoms. The van der Waals surface area contributed by atoms with Crippen LogP contribution in [0.25, 0.3) is 11.1 Å². The number of piperazine rings is 1. The molecule has 0 saturated carbocycles. The normalized spacial score (nSPS) is 14.0. The number of carbonyl (C=O) groups is 1. The molecule has 1 saturated heterocycles. The average Bonchev–Trinajstić information content (AvgIpc) is 2.61. The molecule has 0 aliphatic carbocycles. The Labute approximate surface area is 142 Å². The van der Waals surface area contributed by atoms with Gasteiger partial charge in [-0.1, -0.05) is 48.5 Å². The SMILES string of the molecule is Cl.O=C(COc1ccccc1-c1ccccc1)N1CCNCC1. The second-order valence-electron chi connectivity index (χ2n) is 5.28. The molecule has 1 amide bonds. The van der Waals surface area contributed by atoms with Crippen molar-refractivity contribution in [3.8, 4) is 16.9 Å². The topological polar surface area (TPSA) is 41.6 Å². The fourth-order valence-electron chi connectivity index (χ4n) is 2.59. The second kappa shape index (κ2) is 8.56. The Hall–Kier alpha value is -2.04. The van der Waals surface area contributed by atoms with E-state index in [1.807, 2.05) is 59.5 Å². The van der Waals surface area contributed by atoms with Crippen molar-refractivity contribution in [2.24, 2.45) is 0 Å². The van der Waals surface area contributed by atoms with Crippen LogP contribution < -0.4 is 10.1 Å². The molecule has 0 bridgehead atoms. The summed E-state index contributed by atoms with van der Waals surface area (Å²) in [5.41, 5.74) is 2.10. The predicted octanol–water partition coefficient (Wildman–Crippen LogP) is 2.59. The van der Waals surface area contributed by atoms with Gasteiger partial charge in [0.05, 0.1) is 0 Å². The number of amides is 1. The summed E-state index contributed by atoms with van der Waals surface area (Å²) in [6, 6.07) is 17.9. The van der Waals surface area contributed by atoms with E-state index in [1.54, 1.807) is 0 Å². The summed E-state index contributed by atoms with van der Waals surface area (Å²) in [5, 5.41) is 3.24. The minimum atomic E-state index is 0. The standard InChI is InChI=1S/C18H20N2O2.ClH/c21-18(20-12-10-19-11-13-20)14-22-17-9-5-4-8-16(17)15-6-2-1-3-7-15;/h1-9,19H,10-14H2;1H. The third-order valence-electron chi connectivity index (χ3n) is 3.79. The third-order valence-corrected chi connectivity index (χ3v) is 3.79. The van der Waals surface area contributed by atoms with Crippen molar-refractivity contribution in [1.29, 1.82) is 0 Å². The third kappa shape index (κ3) is 4.47. The molecule has 0 aromatic heterocycles. The Kier molecular flexibility index (Phi) is 6.44. The van der Waals surface area contributed by atoms with Gasteiger partial charge in [0.1, 0.15) is 5.75 Å². The second-order valence-corrected chi connectivity index (χ2v) is 5.28. The molecule has 3 rings (SSSR count). The molecule has 23 heavy (non-hydrogen) atoms. The molecule has 0 unspecified atom stereocenters. The summed E-state index contributed by atoms with van der Waals surface area (Å²) < 4.78 is 5.79. The van der Waals surface area contributed by atoms with Gasteiger partial charge in [-0.25, -0.2) is 0 Å². The number of hydrogen-bond acceptors (Lipinski definition) is 3. The average molecular weight is 333 g/mol. The largest absolute Gasteiger partial charge is 0.483 e. The highest BCUT2D eigenvalue weighted by molar-refractivity contribution is 5.85. The molecule has 1 aliphatic rings. The number of rotatable bonds is 4. The summed E-state index contributed by atoms with van der Waals surface area (Å²) in [6.07, 6.45) is 0. The van der Waals surface area contributed by atoms with Gasteiger partial charge in [0.2, 0.25) is 0 Å². The molecule has 1 heterocycles. The van der Waals surface area contributed by atoms with E-state index in [0.29, 0.717) is 0 Å². The number of nitrogens with zero attached hydrogens (tertiary/aromatic N) is 1. The van der Waals surface area contributed by atoms with Crippen LogP contribution in [0.4, 0.5) is 0 Å². The summed E-state index contributed by atoms with van der Waals surface area (Å²) in [7, 11) is 0. The van der Waals surface area contributed by atoms with Crippen molar-refractivity contribution in [1.82, 2.24) is 10.2 Å². The molecular weight excluding hydrogens is 312 g/mol. The lowest BCUT2D eigenvalue weighted by Crippen LogP contribution is -2.47. The van der Waals surface area contributed by atoms with Crippen LogP contribution in [0.1, 0.15) is 0 Å². The monoisotopic (exact) mass is 332 g/mol. The molecule has 0 atom stereocenters. The molecule has 122 valence electrons. The van der Waals surface area contributed by atoms with E-state index >= 15 is 0 Å². The first-order valence-corrected chi connectivity index (χ1v) is 7.60. The summed E-state index contributed by atoms with van der Waals surface area (Å²) in [6.45, 7) is 3.30. The van der Waals surface area contributed by atoms with Crippen LogP contribution in [0.2, 0.25) is 0 Å². The molecule has 0 radical (unpaired) electrons. The Morgan fingerprint density at radius 1 is 1.00 bits per heavy atom. The van der Waals surface area contributed by atoms with Crippen molar-refractivity contribution in [2.45, 2.75) is 0 Å². The van der Waals surface area contributed by atoms with Gasteiger partial charge in [-0.15, -0.1) is 12.4 Å². The summed E-state index contributed by atoms with van der Waals surface area (Å²) in [4.78, 5) is 14.0. The van der Waals surface area contributed by atoms with Crippen LogP contribution in [-0.2, 0) is 4.79 Å². The molecule has 0 spiro atoms. The van der Waals surface area contributed by atoms with Gasteiger partial charge in [0, 0.05) is 31.7 Å². The Bertz CT molecular complexity index is 628. The van der Waals surface area contributed by atoms with Gasteiger partial charge in [-0.05, 0) is 11.6 Å². The van der Waals surface area contributed by atoms with Crippen LogP contribution in [0.3, 0.4) is 0 Å². The predicted molar refractivity (Wildman–Crippen MR) is 94.1 cm³/mol. The van der Waals surface area contributed by atoms with Crippen LogP contribution in [0.15, 0.2) is 54.6 Å². The first kappa shape index (κ1) is 17.3. The minimum Gasteiger partial charge on any atom is -0.483 e. The first-order valence-electron chi connectivity index (χ1n) is 7.60. The zero-order chi connectivity index (χ0) is 15.2. The summed E-state index contributed by atoms with van der Waals surface area (Å²) in [5.74, 6) is 0.793. The van der Waals surface area contributed by atoms with E-state index in [2.05, 4.69) is 5.32 Å². The van der Waals surface area contributed by atoms with Crippen LogP contribution in [-0.4, -0.2) is 43.6 Å². The van der Waals surface area contributed by atoms with Crippen LogP contribution >= 0.6 is 12.4 Å². The highest BCUT2D eigenvalue weighted by Crippen LogP contribution is 2.29. The van der Waals surface area contributed by atoms with Gasteiger partial charge in [-0.3, -0.25) is 4.79 Å². The maximum atomic E-state index is 12.2. The maximum absolute atomic E-state index is 12.2. The van der Waals surface area contributed by atoms with Gasteiger partial charge >= 0.3 is 0 Å². The number of nitrogens with one attached hydrogen (secondary N) is 1. The fraction of sp³-hybridized carbons (Fsp3) is 0.278. The molecule has 2 aromatic rings. The number of halogens is 1. The lowest BCUT2D eigenvalue weighted by atomic mass is 10.1. The van der Waals surface area contributed by atoms with E-state index in [-0.39, 0.29) is 24.9 Å². The van der Waals surface area contributed by atoms with Gasteiger partial charge < -0.3 is 15.0 Å². The van der Waals surface area contributed by atoms with Crippen molar-refractivity contribution < 1.29 is 9.53 Å². The zero-order valence-corrected chi connectivity index (χ0v) is 13.7. The lowest BCUT2D eigenvalue weighted by Gasteiger charge is -2.27. The Balaban J connectivity index is 0.00000192. The molecule has 1 aliphatic heterocycles. The maximum Gasteiger partial charge on any atom is 0.260 e. The fourth-order valence-corrected chi connectivity index (χ4v) is 2.59. The minimum absolute atomic E-state index is 0. The quantitative estimate of drug-likeness (QED) is 0.935. The van der Waals surface area contributed by atoms with Crippen LogP contribution in [0, 0.1) is 0 Å². The van der Waals surface area contributed by atoms with Crippen LogP contribution in [0.5, 0.6) is 5.75 Å². The molecule has 4 nitrogen and oxygen atoms in total. The van der Waals surface area contributed by atoms with Crippen molar-refractivity contribution in [3.05, 3.63) is 54.6 Å². The number of para-hydroxylation sites is 1. The molecular formula is C18H21ClN2O2. The number of carbonyl (C=O) groups excluding carboxylic acids is 1. The van der Waals surface area contributed by atoms with Gasteiger partial charge in [0.15, 0.2) is 6.61 Å². The van der Waals surface area contributed by atoms with E-state index in [1.165, 1.54) is 0 Å². The molecule has 1 fully saturated rings. The van der Waals surface area contributed by atoms with Crippen molar-refractivity contribution in [2.75, 3.05) is 32.8 Å². The van der Waals surface area contributed by atoms with E-state index in [0.717, 1.165) is 43.1 Å². The highest BCUT2D eigenvalue weighted by atomic mass is 35.5. The zero-order valence-electron chi connectivity index (χ0n) is 12.9.